The van der Waals surface area contributed by atoms with Crippen molar-refractivity contribution < 1.29 is 50.2 Å². The molecule has 12 heteroatoms. The number of carbonyl (C=O) groups is 1. The van der Waals surface area contributed by atoms with Crippen LogP contribution in [-0.2, 0) is 38.6 Å². The van der Waals surface area contributed by atoms with E-state index in [-0.39, 0.29) is 38.6 Å². The Hall–Kier alpha value is -0.920. The zero-order valence-electron chi connectivity index (χ0n) is 14.4. The average molecular weight is 404 g/mol. The van der Waals surface area contributed by atoms with Gasteiger partial charge in [-0.15, -0.1) is 0 Å². The molecule has 2 aliphatic heterocycles. The van der Waals surface area contributed by atoms with Gasteiger partial charge in [-0.1, -0.05) is 0 Å². The Morgan fingerprint density at radius 2 is 1.62 bits per heavy atom. The molecule has 152 valence electrons. The number of ether oxygens (including phenoxy) is 5. The largest absolute Gasteiger partial charge is 0.454 e. The van der Waals surface area contributed by atoms with E-state index in [1.807, 2.05) is 0 Å². The van der Waals surface area contributed by atoms with Crippen molar-refractivity contribution in [3.63, 3.8) is 0 Å². The van der Waals surface area contributed by atoms with Crippen molar-refractivity contribution >= 4 is 16.1 Å². The summed E-state index contributed by atoms with van der Waals surface area (Å²) in [4.78, 5) is 12.4. The van der Waals surface area contributed by atoms with E-state index in [4.69, 9.17) is 23.5 Å². The van der Waals surface area contributed by atoms with Gasteiger partial charge in [0.25, 0.3) is 0 Å². The molecule has 26 heavy (non-hydrogen) atoms. The normalized spacial score (nSPS) is 26.0. The highest BCUT2D eigenvalue weighted by molar-refractivity contribution is 7.86. The molecular weight excluding hydrogens is 382 g/mol. The van der Waals surface area contributed by atoms with Crippen molar-refractivity contribution in [2.45, 2.75) is 37.4 Å². The lowest BCUT2D eigenvalue weighted by Gasteiger charge is -2.30. The third-order valence-electron chi connectivity index (χ3n) is 3.85. The first-order valence-corrected chi connectivity index (χ1v) is 9.34. The highest BCUT2D eigenvalue weighted by atomic mass is 32.2. The van der Waals surface area contributed by atoms with Gasteiger partial charge in [0.15, 0.2) is 6.10 Å². The molecule has 0 saturated carbocycles. The number of hydrogen-bond acceptors (Lipinski definition) is 8. The molecule has 0 bridgehead atoms. The second-order valence-electron chi connectivity index (χ2n) is 6.59. The zero-order chi connectivity index (χ0) is 19.6. The number of halogens is 2. The number of hydrogen-bond donors (Lipinski definition) is 1. The number of rotatable bonds is 12. The summed E-state index contributed by atoms with van der Waals surface area (Å²) in [7, 11) is -5.74. The average Bonchev–Trinajstić information content (AvgIpc) is 3.40. The number of alkyl halides is 2. The van der Waals surface area contributed by atoms with Crippen LogP contribution in [0, 0.1) is 5.41 Å². The van der Waals surface area contributed by atoms with Gasteiger partial charge in [0.2, 0.25) is 0 Å². The van der Waals surface area contributed by atoms with Crippen LogP contribution in [0.3, 0.4) is 0 Å². The summed E-state index contributed by atoms with van der Waals surface area (Å²) in [6.45, 7) is 3.14. The fourth-order valence-corrected chi connectivity index (χ4v) is 2.37. The second kappa shape index (κ2) is 7.98. The highest BCUT2D eigenvalue weighted by Gasteiger charge is 2.53. The highest BCUT2D eigenvalue weighted by Crippen LogP contribution is 2.30. The predicted octanol–water partition coefficient (Wildman–Crippen LogP) is 0.236. The van der Waals surface area contributed by atoms with Gasteiger partial charge in [-0.25, -0.2) is 0 Å². The second-order valence-corrected chi connectivity index (χ2v) is 8.08. The van der Waals surface area contributed by atoms with Crippen LogP contribution in [0.1, 0.15) is 13.8 Å². The molecule has 3 atom stereocenters. The molecule has 0 aliphatic carbocycles. The van der Waals surface area contributed by atoms with Gasteiger partial charge in [0, 0.05) is 0 Å². The summed E-state index contributed by atoms with van der Waals surface area (Å²) < 4.78 is 82.6. The maximum Gasteiger partial charge on any atom is 0.405 e. The lowest BCUT2D eigenvalue weighted by molar-refractivity contribution is -0.178. The number of epoxide rings is 2. The molecule has 0 spiro atoms. The molecule has 2 fully saturated rings. The molecule has 0 radical (unpaired) electrons. The molecule has 0 amide bonds. The third kappa shape index (κ3) is 5.79. The van der Waals surface area contributed by atoms with E-state index >= 15 is 0 Å². The zero-order valence-corrected chi connectivity index (χ0v) is 15.2. The maximum atomic E-state index is 13.6. The maximum absolute atomic E-state index is 13.6. The van der Waals surface area contributed by atoms with Gasteiger partial charge >= 0.3 is 21.3 Å². The van der Waals surface area contributed by atoms with Gasteiger partial charge in [-0.3, -0.25) is 9.35 Å². The molecule has 2 rings (SSSR count). The molecule has 0 aromatic rings. The lowest BCUT2D eigenvalue weighted by atomic mass is 9.93. The van der Waals surface area contributed by atoms with E-state index in [0.717, 1.165) is 0 Å². The van der Waals surface area contributed by atoms with Crippen molar-refractivity contribution in [1.29, 1.82) is 0 Å². The molecule has 0 aromatic carbocycles. The SMILES string of the molecule is CC(OC(=O)C(C)(COCC1CO1)COCC1CO1)C(F)(F)S(=O)(=O)O. The van der Waals surface area contributed by atoms with Crippen LogP contribution in [0.4, 0.5) is 8.78 Å². The topological polar surface area (TPSA) is 124 Å². The van der Waals surface area contributed by atoms with E-state index in [2.05, 4.69) is 4.74 Å². The van der Waals surface area contributed by atoms with Gasteiger partial charge < -0.3 is 23.7 Å². The van der Waals surface area contributed by atoms with Crippen LogP contribution in [-0.4, -0.2) is 82.1 Å². The summed E-state index contributed by atoms with van der Waals surface area (Å²) in [5.41, 5.74) is -1.46. The van der Waals surface area contributed by atoms with Crippen LogP contribution in [0.5, 0.6) is 0 Å². The van der Waals surface area contributed by atoms with Crippen LogP contribution in [0.25, 0.3) is 0 Å². The quantitative estimate of drug-likeness (QED) is 0.277. The first-order valence-electron chi connectivity index (χ1n) is 7.90. The summed E-state index contributed by atoms with van der Waals surface area (Å²) in [5.74, 6) is -1.14. The van der Waals surface area contributed by atoms with Crippen molar-refractivity contribution in [3.8, 4) is 0 Å². The Kier molecular flexibility index (Phi) is 6.57. The molecule has 0 aromatic heterocycles. The van der Waals surface area contributed by atoms with Gasteiger partial charge in [-0.2, -0.15) is 17.2 Å². The monoisotopic (exact) mass is 404 g/mol. The van der Waals surface area contributed by atoms with Crippen LogP contribution >= 0.6 is 0 Å². The Labute approximate surface area is 149 Å². The minimum absolute atomic E-state index is 0.0705. The van der Waals surface area contributed by atoms with E-state index < -0.39 is 32.9 Å². The predicted molar refractivity (Wildman–Crippen MR) is 81.3 cm³/mol. The van der Waals surface area contributed by atoms with E-state index in [1.54, 1.807) is 0 Å². The summed E-state index contributed by atoms with van der Waals surface area (Å²) >= 11 is 0. The van der Waals surface area contributed by atoms with Crippen LogP contribution < -0.4 is 0 Å². The van der Waals surface area contributed by atoms with Crippen molar-refractivity contribution in [2.75, 3.05) is 39.6 Å². The van der Waals surface area contributed by atoms with E-state index in [9.17, 15) is 22.0 Å². The van der Waals surface area contributed by atoms with Gasteiger partial charge in [0.1, 0.15) is 17.6 Å². The van der Waals surface area contributed by atoms with Crippen LogP contribution in [0.2, 0.25) is 0 Å². The first-order chi connectivity index (χ1) is 12.0. The molecule has 2 saturated heterocycles. The molecule has 2 heterocycles. The van der Waals surface area contributed by atoms with E-state index in [0.29, 0.717) is 20.1 Å². The number of carbonyl (C=O) groups excluding carboxylic acids is 1. The molecule has 3 unspecified atom stereocenters. The fourth-order valence-electron chi connectivity index (χ4n) is 1.90. The third-order valence-corrected chi connectivity index (χ3v) is 4.87. The fraction of sp³-hybridized carbons (Fsp3) is 0.929. The Morgan fingerprint density at radius 3 is 1.96 bits per heavy atom. The summed E-state index contributed by atoms with van der Waals surface area (Å²) in [6, 6.07) is 0. The summed E-state index contributed by atoms with van der Waals surface area (Å²) in [5, 5.41) is -4.64. The van der Waals surface area contributed by atoms with Gasteiger partial charge in [0.05, 0.1) is 39.6 Å². The van der Waals surface area contributed by atoms with Crippen molar-refractivity contribution in [3.05, 3.63) is 0 Å². The Morgan fingerprint density at radius 1 is 1.19 bits per heavy atom. The lowest BCUT2D eigenvalue weighted by Crippen LogP contribution is -2.47. The van der Waals surface area contributed by atoms with Crippen molar-refractivity contribution in [1.82, 2.24) is 0 Å². The number of esters is 1. The first kappa shape index (κ1) is 21.4. The Bertz CT molecular complexity index is 584. The summed E-state index contributed by atoms with van der Waals surface area (Å²) in [6.07, 6.45) is -2.54. The van der Waals surface area contributed by atoms with Crippen LogP contribution in [0.15, 0.2) is 0 Å². The Balaban J connectivity index is 1.96. The molecular formula is C14H22F2O9S. The van der Waals surface area contributed by atoms with E-state index in [1.165, 1.54) is 6.92 Å². The van der Waals surface area contributed by atoms with Gasteiger partial charge in [-0.05, 0) is 13.8 Å². The standard InChI is InChI=1S/C14H22F2O9S/c1-9(14(15,16)26(18,19)20)25-12(17)13(2,7-21-3-10-5-23-10)8-22-4-11-6-24-11/h9-11H,3-8H2,1-2H3,(H,18,19,20). The van der Waals surface area contributed by atoms with Crippen molar-refractivity contribution in [2.24, 2.45) is 5.41 Å². The molecule has 2 aliphatic rings. The minimum atomic E-state index is -5.74. The minimum Gasteiger partial charge on any atom is -0.454 e. The molecule has 1 N–H and O–H groups in total. The smallest absolute Gasteiger partial charge is 0.405 e. The molecule has 9 nitrogen and oxygen atoms in total.